The van der Waals surface area contributed by atoms with Crippen LogP contribution in [-0.2, 0) is 16.4 Å². The predicted octanol–water partition coefficient (Wildman–Crippen LogP) is 3.87. The molecule has 3 nitrogen and oxygen atoms in total. The molecule has 21 heavy (non-hydrogen) atoms. The molecular formula is C14H15BrFNO2S2. The maximum atomic E-state index is 13.5. The summed E-state index contributed by atoms with van der Waals surface area (Å²) in [7, 11) is -3.72. The average Bonchev–Trinajstić information content (AvgIpc) is 2.77. The van der Waals surface area contributed by atoms with Crippen LogP contribution in [0.15, 0.2) is 39.7 Å². The monoisotopic (exact) mass is 391 g/mol. The Bertz CT molecular complexity index is 743. The second kappa shape index (κ2) is 6.56. The van der Waals surface area contributed by atoms with Crippen molar-refractivity contribution in [3.05, 3.63) is 50.4 Å². The minimum atomic E-state index is -3.72. The molecule has 0 amide bonds. The largest absolute Gasteiger partial charge is 0.240 e. The van der Waals surface area contributed by atoms with Crippen LogP contribution in [0.25, 0.3) is 0 Å². The highest BCUT2D eigenvalue weighted by atomic mass is 79.9. The van der Waals surface area contributed by atoms with Crippen LogP contribution in [0.3, 0.4) is 0 Å². The van der Waals surface area contributed by atoms with Crippen molar-refractivity contribution in [1.82, 2.24) is 4.72 Å². The van der Waals surface area contributed by atoms with Crippen molar-refractivity contribution in [1.29, 1.82) is 0 Å². The third-order valence-corrected chi connectivity index (χ3v) is 6.11. The molecule has 1 aromatic heterocycles. The summed E-state index contributed by atoms with van der Waals surface area (Å²) in [6.07, 6.45) is 0.608. The Labute approximate surface area is 136 Å². The van der Waals surface area contributed by atoms with E-state index in [1.54, 1.807) is 18.3 Å². The Morgan fingerprint density at radius 3 is 2.62 bits per heavy atom. The molecule has 0 radical (unpaired) electrons. The molecule has 0 aliphatic heterocycles. The molecule has 0 aliphatic carbocycles. The molecule has 2 aromatic rings. The van der Waals surface area contributed by atoms with Gasteiger partial charge in [-0.05, 0) is 66.5 Å². The second-order valence-corrected chi connectivity index (χ2v) is 8.76. The van der Waals surface area contributed by atoms with Gasteiger partial charge in [0.2, 0.25) is 10.0 Å². The molecule has 0 fully saturated rings. The van der Waals surface area contributed by atoms with Crippen molar-refractivity contribution >= 4 is 37.3 Å². The molecule has 2 rings (SSSR count). The lowest BCUT2D eigenvalue weighted by molar-refractivity contribution is 0.557. The lowest BCUT2D eigenvalue weighted by atomic mass is 10.2. The number of thiophene rings is 1. The van der Waals surface area contributed by atoms with Gasteiger partial charge < -0.3 is 0 Å². The summed E-state index contributed by atoms with van der Waals surface area (Å²) in [4.78, 5) is 2.23. The van der Waals surface area contributed by atoms with Gasteiger partial charge in [0.05, 0.1) is 9.37 Å². The second-order valence-electron chi connectivity index (χ2n) is 4.81. The van der Waals surface area contributed by atoms with Crippen LogP contribution in [0.2, 0.25) is 0 Å². The molecule has 0 bridgehead atoms. The zero-order valence-electron chi connectivity index (χ0n) is 11.6. The molecule has 1 aromatic carbocycles. The summed E-state index contributed by atoms with van der Waals surface area (Å²) < 4.78 is 40.7. The Morgan fingerprint density at radius 1 is 1.33 bits per heavy atom. The summed E-state index contributed by atoms with van der Waals surface area (Å²) in [6.45, 7) is 3.80. The van der Waals surface area contributed by atoms with E-state index in [4.69, 9.17) is 0 Å². The number of nitrogens with one attached hydrogen (secondary N) is 1. The quantitative estimate of drug-likeness (QED) is 0.840. The highest BCUT2D eigenvalue weighted by Crippen LogP contribution is 2.20. The minimum absolute atomic E-state index is 0.0718. The topological polar surface area (TPSA) is 46.2 Å². The smallest absolute Gasteiger partial charge is 0.208 e. The molecule has 1 atom stereocenters. The van der Waals surface area contributed by atoms with E-state index in [2.05, 4.69) is 20.7 Å². The SMILES string of the molecule is Cc1ccc(CC(C)NS(=O)(=O)c2ccc(Br)c(F)c2)s1. The summed E-state index contributed by atoms with van der Waals surface area (Å²) in [5, 5.41) is 0. The first-order valence-electron chi connectivity index (χ1n) is 6.30. The fraction of sp³-hybridized carbons (Fsp3) is 0.286. The summed E-state index contributed by atoms with van der Waals surface area (Å²) >= 11 is 4.65. The lowest BCUT2D eigenvalue weighted by Crippen LogP contribution is -2.34. The number of hydrogen-bond donors (Lipinski definition) is 1. The number of halogens is 2. The van der Waals surface area contributed by atoms with Gasteiger partial charge in [-0.1, -0.05) is 0 Å². The number of aryl methyl sites for hydroxylation is 1. The van der Waals surface area contributed by atoms with E-state index >= 15 is 0 Å². The summed E-state index contributed by atoms with van der Waals surface area (Å²) in [6, 6.07) is 7.50. The molecule has 0 saturated carbocycles. The maximum absolute atomic E-state index is 13.5. The van der Waals surface area contributed by atoms with Crippen LogP contribution in [-0.4, -0.2) is 14.5 Å². The molecular weight excluding hydrogens is 377 g/mol. The van der Waals surface area contributed by atoms with Crippen LogP contribution in [0.1, 0.15) is 16.7 Å². The maximum Gasteiger partial charge on any atom is 0.240 e. The van der Waals surface area contributed by atoms with Gasteiger partial charge in [-0.25, -0.2) is 17.5 Å². The molecule has 0 aliphatic rings. The van der Waals surface area contributed by atoms with Gasteiger partial charge in [-0.2, -0.15) is 0 Å². The average molecular weight is 392 g/mol. The summed E-state index contributed by atoms with van der Waals surface area (Å²) in [5.41, 5.74) is 0. The molecule has 1 N–H and O–H groups in total. The summed E-state index contributed by atoms with van der Waals surface area (Å²) in [5.74, 6) is -0.598. The van der Waals surface area contributed by atoms with Gasteiger partial charge in [0.15, 0.2) is 0 Å². The molecule has 7 heteroatoms. The molecule has 114 valence electrons. The van der Waals surface area contributed by atoms with Crippen molar-refractivity contribution in [2.75, 3.05) is 0 Å². The third-order valence-electron chi connectivity index (χ3n) is 2.86. The van der Waals surface area contributed by atoms with Gasteiger partial charge in [0.25, 0.3) is 0 Å². The highest BCUT2D eigenvalue weighted by molar-refractivity contribution is 9.10. The van der Waals surface area contributed by atoms with Crippen molar-refractivity contribution in [3.8, 4) is 0 Å². The lowest BCUT2D eigenvalue weighted by Gasteiger charge is -2.13. The van der Waals surface area contributed by atoms with Crippen molar-refractivity contribution in [2.45, 2.75) is 31.2 Å². The fourth-order valence-electron chi connectivity index (χ4n) is 1.92. The van der Waals surface area contributed by atoms with Gasteiger partial charge >= 0.3 is 0 Å². The van der Waals surface area contributed by atoms with Crippen LogP contribution in [0.5, 0.6) is 0 Å². The zero-order valence-corrected chi connectivity index (χ0v) is 14.8. The highest BCUT2D eigenvalue weighted by Gasteiger charge is 2.19. The van der Waals surface area contributed by atoms with Gasteiger partial charge in [-0.3, -0.25) is 0 Å². The van der Waals surface area contributed by atoms with E-state index in [1.807, 2.05) is 19.1 Å². The first kappa shape index (κ1) is 16.6. The third kappa shape index (κ3) is 4.35. The van der Waals surface area contributed by atoms with Crippen LogP contribution < -0.4 is 4.72 Å². The van der Waals surface area contributed by atoms with E-state index in [9.17, 15) is 12.8 Å². The number of hydrogen-bond acceptors (Lipinski definition) is 3. The van der Waals surface area contributed by atoms with Crippen LogP contribution in [0, 0.1) is 12.7 Å². The normalized spacial score (nSPS) is 13.3. The van der Waals surface area contributed by atoms with Crippen LogP contribution >= 0.6 is 27.3 Å². The van der Waals surface area contributed by atoms with Crippen molar-refractivity contribution in [2.24, 2.45) is 0 Å². The molecule has 0 saturated heterocycles. The standard InChI is InChI=1S/C14H15BrFNO2S2/c1-9(7-11-4-3-10(2)20-11)17-21(18,19)12-5-6-13(15)14(16)8-12/h3-6,8-9,17H,7H2,1-2H3. The molecule has 1 heterocycles. The first-order valence-corrected chi connectivity index (χ1v) is 9.40. The predicted molar refractivity (Wildman–Crippen MR) is 86.6 cm³/mol. The van der Waals surface area contributed by atoms with Gasteiger partial charge in [-0.15, -0.1) is 11.3 Å². The van der Waals surface area contributed by atoms with E-state index in [1.165, 1.54) is 17.0 Å². The Morgan fingerprint density at radius 2 is 2.05 bits per heavy atom. The molecule has 1 unspecified atom stereocenters. The Balaban J connectivity index is 2.11. The van der Waals surface area contributed by atoms with Crippen LogP contribution in [0.4, 0.5) is 4.39 Å². The zero-order chi connectivity index (χ0) is 15.6. The number of benzene rings is 1. The first-order chi connectivity index (χ1) is 9.78. The number of sulfonamides is 1. The van der Waals surface area contributed by atoms with Gasteiger partial charge in [0.1, 0.15) is 5.82 Å². The van der Waals surface area contributed by atoms with E-state index in [0.29, 0.717) is 6.42 Å². The fourth-order valence-corrected chi connectivity index (χ4v) is 4.44. The molecule has 0 spiro atoms. The van der Waals surface area contributed by atoms with E-state index in [-0.39, 0.29) is 15.4 Å². The minimum Gasteiger partial charge on any atom is -0.208 e. The van der Waals surface area contributed by atoms with E-state index < -0.39 is 15.8 Å². The van der Waals surface area contributed by atoms with Crippen molar-refractivity contribution < 1.29 is 12.8 Å². The van der Waals surface area contributed by atoms with Gasteiger partial charge in [0, 0.05) is 15.8 Å². The van der Waals surface area contributed by atoms with E-state index in [0.717, 1.165) is 10.9 Å². The van der Waals surface area contributed by atoms with Crippen molar-refractivity contribution in [3.63, 3.8) is 0 Å². The Hall–Kier alpha value is -0.760. The number of rotatable bonds is 5. The Kier molecular flexibility index (Phi) is 5.19.